The number of primary amides is 1. The number of hydrogen-bond acceptors (Lipinski definition) is 4. The van der Waals surface area contributed by atoms with Gasteiger partial charge in [-0.15, -0.1) is 0 Å². The van der Waals surface area contributed by atoms with Crippen LogP contribution >= 0.6 is 0 Å². The van der Waals surface area contributed by atoms with E-state index in [4.69, 9.17) is 5.73 Å². The Kier molecular flexibility index (Phi) is 6.40. The van der Waals surface area contributed by atoms with Crippen LogP contribution in [0.25, 0.3) is 0 Å². The number of carbonyl (C=O) groups excluding carboxylic acids is 2. The molecule has 28 heavy (non-hydrogen) atoms. The second kappa shape index (κ2) is 8.39. The first-order chi connectivity index (χ1) is 13.1. The van der Waals surface area contributed by atoms with Crippen molar-refractivity contribution >= 4 is 33.2 Å². The number of nitrogens with zero attached hydrogens (tertiary/aromatic N) is 1. The van der Waals surface area contributed by atoms with Gasteiger partial charge < -0.3 is 11.1 Å². The highest BCUT2D eigenvalue weighted by Crippen LogP contribution is 2.25. The number of rotatable bonds is 7. The molecular weight excluding hydrogens is 385 g/mol. The van der Waals surface area contributed by atoms with Gasteiger partial charge in [-0.2, -0.15) is 0 Å². The SMILES string of the molecule is CCC(C(=O)Nc1cccc(C(N)=O)c1C)N(c1ccc(F)cc1)S(C)(=O)=O. The first kappa shape index (κ1) is 21.4. The van der Waals surface area contributed by atoms with E-state index >= 15 is 0 Å². The Hall–Kier alpha value is -2.94. The van der Waals surface area contributed by atoms with Gasteiger partial charge in [0.05, 0.1) is 11.9 Å². The van der Waals surface area contributed by atoms with E-state index in [1.165, 1.54) is 18.2 Å². The minimum atomic E-state index is -3.84. The van der Waals surface area contributed by atoms with E-state index in [1.54, 1.807) is 26.0 Å². The fraction of sp³-hybridized carbons (Fsp3) is 0.263. The lowest BCUT2D eigenvalue weighted by Gasteiger charge is -2.30. The molecule has 0 heterocycles. The molecule has 0 saturated carbocycles. The number of sulfonamides is 1. The van der Waals surface area contributed by atoms with E-state index < -0.39 is 33.7 Å². The van der Waals surface area contributed by atoms with E-state index in [1.807, 2.05) is 0 Å². The topological polar surface area (TPSA) is 110 Å². The van der Waals surface area contributed by atoms with Crippen LogP contribution in [-0.2, 0) is 14.8 Å². The molecule has 2 aromatic rings. The Balaban J connectivity index is 2.41. The van der Waals surface area contributed by atoms with Crippen LogP contribution in [-0.4, -0.2) is 32.5 Å². The van der Waals surface area contributed by atoms with Gasteiger partial charge in [-0.1, -0.05) is 13.0 Å². The average Bonchev–Trinajstić information content (AvgIpc) is 2.61. The molecule has 150 valence electrons. The molecule has 0 aliphatic rings. The van der Waals surface area contributed by atoms with Crippen LogP contribution < -0.4 is 15.4 Å². The van der Waals surface area contributed by atoms with E-state index in [0.717, 1.165) is 22.7 Å². The van der Waals surface area contributed by atoms with Gasteiger partial charge in [0, 0.05) is 11.3 Å². The molecule has 0 aliphatic carbocycles. The number of hydrogen-bond donors (Lipinski definition) is 2. The van der Waals surface area contributed by atoms with Crippen LogP contribution in [0.15, 0.2) is 42.5 Å². The first-order valence-electron chi connectivity index (χ1n) is 8.51. The Morgan fingerprint density at radius 2 is 1.79 bits per heavy atom. The summed E-state index contributed by atoms with van der Waals surface area (Å²) in [4.78, 5) is 24.4. The smallest absolute Gasteiger partial charge is 0.249 e. The summed E-state index contributed by atoms with van der Waals surface area (Å²) < 4.78 is 38.9. The number of amides is 2. The molecule has 7 nitrogen and oxygen atoms in total. The van der Waals surface area contributed by atoms with Crippen molar-refractivity contribution in [3.8, 4) is 0 Å². The predicted molar refractivity (Wildman–Crippen MR) is 106 cm³/mol. The fourth-order valence-corrected chi connectivity index (χ4v) is 4.11. The van der Waals surface area contributed by atoms with Crippen molar-refractivity contribution in [3.63, 3.8) is 0 Å². The fourth-order valence-electron chi connectivity index (χ4n) is 2.90. The van der Waals surface area contributed by atoms with Crippen molar-refractivity contribution in [1.82, 2.24) is 0 Å². The lowest BCUT2D eigenvalue weighted by atomic mass is 10.1. The number of benzene rings is 2. The first-order valence-corrected chi connectivity index (χ1v) is 10.4. The van der Waals surface area contributed by atoms with E-state index in [0.29, 0.717) is 11.3 Å². The molecular formula is C19H22FN3O4S. The standard InChI is InChI=1S/C19H22FN3O4S/c1-4-17(23(28(3,26)27)14-10-8-13(20)9-11-14)19(25)22-16-7-5-6-15(12(16)2)18(21)24/h5-11,17H,4H2,1-3H3,(H2,21,24)(H,22,25). The summed E-state index contributed by atoms with van der Waals surface area (Å²) in [6, 6.07) is 8.46. The number of nitrogens with one attached hydrogen (secondary N) is 1. The summed E-state index contributed by atoms with van der Waals surface area (Å²) in [6.45, 7) is 3.30. The van der Waals surface area contributed by atoms with Gasteiger partial charge in [0.2, 0.25) is 21.8 Å². The van der Waals surface area contributed by atoms with Crippen LogP contribution in [0.3, 0.4) is 0 Å². The maximum Gasteiger partial charge on any atom is 0.249 e. The zero-order chi connectivity index (χ0) is 21.1. The highest BCUT2D eigenvalue weighted by atomic mass is 32.2. The minimum absolute atomic E-state index is 0.171. The molecule has 0 saturated heterocycles. The van der Waals surface area contributed by atoms with Crippen LogP contribution in [0.5, 0.6) is 0 Å². The number of halogens is 1. The minimum Gasteiger partial charge on any atom is -0.366 e. The third kappa shape index (κ3) is 4.66. The molecule has 0 spiro atoms. The van der Waals surface area contributed by atoms with Crippen molar-refractivity contribution in [2.24, 2.45) is 5.73 Å². The van der Waals surface area contributed by atoms with Crippen molar-refractivity contribution in [1.29, 1.82) is 0 Å². The number of anilines is 2. The average molecular weight is 407 g/mol. The van der Waals surface area contributed by atoms with Gasteiger partial charge in [-0.05, 0) is 55.3 Å². The highest BCUT2D eigenvalue weighted by molar-refractivity contribution is 7.92. The van der Waals surface area contributed by atoms with E-state index in [9.17, 15) is 22.4 Å². The third-order valence-electron chi connectivity index (χ3n) is 4.27. The molecule has 1 unspecified atom stereocenters. The van der Waals surface area contributed by atoms with Crippen molar-refractivity contribution in [3.05, 3.63) is 59.4 Å². The van der Waals surface area contributed by atoms with Gasteiger partial charge in [0.15, 0.2) is 0 Å². The normalized spacial score (nSPS) is 12.3. The van der Waals surface area contributed by atoms with Crippen molar-refractivity contribution in [2.75, 3.05) is 15.9 Å². The van der Waals surface area contributed by atoms with E-state index in [2.05, 4.69) is 5.32 Å². The maximum atomic E-state index is 13.2. The lowest BCUT2D eigenvalue weighted by molar-refractivity contribution is -0.117. The zero-order valence-electron chi connectivity index (χ0n) is 15.8. The summed E-state index contributed by atoms with van der Waals surface area (Å²) in [7, 11) is -3.84. The van der Waals surface area contributed by atoms with Crippen LogP contribution in [0, 0.1) is 12.7 Å². The molecule has 2 amide bonds. The molecule has 9 heteroatoms. The molecule has 0 aromatic heterocycles. The lowest BCUT2D eigenvalue weighted by Crippen LogP contribution is -2.47. The Morgan fingerprint density at radius 1 is 1.18 bits per heavy atom. The monoisotopic (exact) mass is 407 g/mol. The Morgan fingerprint density at radius 3 is 2.29 bits per heavy atom. The molecule has 2 aromatic carbocycles. The third-order valence-corrected chi connectivity index (χ3v) is 5.45. The summed E-state index contributed by atoms with van der Waals surface area (Å²) in [6.07, 6.45) is 1.15. The summed E-state index contributed by atoms with van der Waals surface area (Å²) >= 11 is 0. The predicted octanol–water partition coefficient (Wildman–Crippen LogP) is 2.42. The van der Waals surface area contributed by atoms with Gasteiger partial charge in [-0.3, -0.25) is 13.9 Å². The molecule has 3 N–H and O–H groups in total. The molecule has 0 fully saturated rings. The second-order valence-electron chi connectivity index (χ2n) is 6.29. The quantitative estimate of drug-likeness (QED) is 0.734. The Bertz CT molecular complexity index is 991. The van der Waals surface area contributed by atoms with Crippen LogP contribution in [0.4, 0.5) is 15.8 Å². The molecule has 0 radical (unpaired) electrons. The van der Waals surface area contributed by atoms with E-state index in [-0.39, 0.29) is 17.7 Å². The summed E-state index contributed by atoms with van der Waals surface area (Å²) in [5, 5.41) is 2.66. The molecule has 2 rings (SSSR count). The Labute approximate surface area is 163 Å². The van der Waals surface area contributed by atoms with Crippen LogP contribution in [0.1, 0.15) is 29.3 Å². The van der Waals surface area contributed by atoms with Gasteiger partial charge in [-0.25, -0.2) is 12.8 Å². The largest absolute Gasteiger partial charge is 0.366 e. The summed E-state index contributed by atoms with van der Waals surface area (Å²) in [5.41, 5.74) is 6.58. The van der Waals surface area contributed by atoms with Crippen molar-refractivity contribution < 1.29 is 22.4 Å². The number of nitrogens with two attached hydrogens (primary N) is 1. The summed E-state index contributed by atoms with van der Waals surface area (Å²) in [5.74, 6) is -1.74. The molecule has 0 bridgehead atoms. The molecule has 0 aliphatic heterocycles. The maximum absolute atomic E-state index is 13.2. The number of carbonyl (C=O) groups is 2. The molecule has 1 atom stereocenters. The zero-order valence-corrected chi connectivity index (χ0v) is 16.6. The van der Waals surface area contributed by atoms with Gasteiger partial charge in [0.1, 0.15) is 11.9 Å². The van der Waals surface area contributed by atoms with Gasteiger partial charge >= 0.3 is 0 Å². The second-order valence-corrected chi connectivity index (χ2v) is 8.15. The highest BCUT2D eigenvalue weighted by Gasteiger charge is 2.31. The van der Waals surface area contributed by atoms with Gasteiger partial charge in [0.25, 0.3) is 0 Å². The van der Waals surface area contributed by atoms with Crippen molar-refractivity contribution in [2.45, 2.75) is 26.3 Å². The van der Waals surface area contributed by atoms with Crippen LogP contribution in [0.2, 0.25) is 0 Å².